The molecule has 0 radical (unpaired) electrons. The highest BCUT2D eigenvalue weighted by Gasteiger charge is 2.25. The van der Waals surface area contributed by atoms with E-state index in [2.05, 4.69) is 15.5 Å². The first-order valence-electron chi connectivity index (χ1n) is 6.47. The van der Waals surface area contributed by atoms with Crippen molar-refractivity contribution in [1.29, 1.82) is 0 Å². The van der Waals surface area contributed by atoms with Gasteiger partial charge in [0.2, 0.25) is 5.91 Å². The molecule has 0 saturated carbocycles. The first-order valence-corrected chi connectivity index (χ1v) is 6.47. The Balaban J connectivity index is 1.53. The molecule has 0 spiro atoms. The smallest absolute Gasteiger partial charge is 0.249 e. The van der Waals surface area contributed by atoms with Crippen LogP contribution in [0.3, 0.4) is 0 Å². The highest BCUT2D eigenvalue weighted by Crippen LogP contribution is 2.26. The van der Waals surface area contributed by atoms with Crippen LogP contribution in [0.15, 0.2) is 58.4 Å². The molecule has 21 heavy (non-hydrogen) atoms. The van der Waals surface area contributed by atoms with Crippen LogP contribution in [0, 0.1) is 0 Å². The van der Waals surface area contributed by atoms with E-state index in [4.69, 9.17) is 9.25 Å². The zero-order chi connectivity index (χ0) is 14.5. The summed E-state index contributed by atoms with van der Waals surface area (Å²) in [5.41, 5.74) is 0.714. The van der Waals surface area contributed by atoms with E-state index in [0.717, 1.165) is 0 Å². The van der Waals surface area contributed by atoms with Gasteiger partial charge in [-0.1, -0.05) is 11.2 Å². The number of pyridine rings is 1. The van der Waals surface area contributed by atoms with Gasteiger partial charge in [-0.25, -0.2) is 0 Å². The monoisotopic (exact) mass is 283 g/mol. The highest BCUT2D eigenvalue weighted by molar-refractivity contribution is 6.04. The van der Waals surface area contributed by atoms with Crippen LogP contribution < -0.4 is 5.32 Å². The molecule has 0 fully saturated rings. The third-order valence-corrected chi connectivity index (χ3v) is 2.89. The topological polar surface area (TPSA) is 76.7 Å². The molecule has 0 aliphatic carbocycles. The van der Waals surface area contributed by atoms with Gasteiger partial charge in [0.05, 0.1) is 18.4 Å². The summed E-state index contributed by atoms with van der Waals surface area (Å²) in [5, 5.41) is 6.51. The summed E-state index contributed by atoms with van der Waals surface area (Å²) in [6.07, 6.45) is 6.47. The van der Waals surface area contributed by atoms with Crippen molar-refractivity contribution in [3.05, 3.63) is 60.3 Å². The Kier molecular flexibility index (Phi) is 3.77. The molecule has 6 nitrogen and oxygen atoms in total. The second kappa shape index (κ2) is 6.04. The summed E-state index contributed by atoms with van der Waals surface area (Å²) in [7, 11) is 0. The molecule has 1 amide bonds. The van der Waals surface area contributed by atoms with Crippen LogP contribution in [0.4, 0.5) is 0 Å². The van der Waals surface area contributed by atoms with Crippen LogP contribution in [0.5, 0.6) is 0 Å². The molecule has 2 aromatic heterocycles. The maximum atomic E-state index is 11.8. The first-order chi connectivity index (χ1) is 10.3. The van der Waals surface area contributed by atoms with Gasteiger partial charge >= 0.3 is 0 Å². The number of carbonyl (C=O) groups is 1. The molecule has 6 heteroatoms. The fraction of sp³-hybridized carbons (Fsp3) is 0.133. The third-order valence-electron chi connectivity index (χ3n) is 2.89. The van der Waals surface area contributed by atoms with E-state index in [9.17, 15) is 4.79 Å². The van der Waals surface area contributed by atoms with Gasteiger partial charge in [-0.2, -0.15) is 0 Å². The number of nitrogens with one attached hydrogen (secondary N) is 1. The lowest BCUT2D eigenvalue weighted by Crippen LogP contribution is -2.27. The molecule has 0 aromatic carbocycles. The van der Waals surface area contributed by atoms with Crippen LogP contribution in [0.2, 0.25) is 0 Å². The average Bonchev–Trinajstić information content (AvgIpc) is 3.17. The van der Waals surface area contributed by atoms with Crippen molar-refractivity contribution < 1.29 is 14.0 Å². The maximum Gasteiger partial charge on any atom is 0.249 e. The number of oxime groups is 1. The minimum absolute atomic E-state index is 0.275. The number of amidine groups is 1. The van der Waals surface area contributed by atoms with E-state index in [-0.39, 0.29) is 12.0 Å². The number of carbonyl (C=O) groups excluding carboxylic acids is 1. The van der Waals surface area contributed by atoms with Gasteiger partial charge in [0.25, 0.3) is 0 Å². The van der Waals surface area contributed by atoms with Gasteiger partial charge in [0, 0.05) is 12.3 Å². The number of rotatable bonds is 3. The summed E-state index contributed by atoms with van der Waals surface area (Å²) in [6.45, 7) is 0. The zero-order valence-corrected chi connectivity index (χ0v) is 11.1. The highest BCUT2D eigenvalue weighted by atomic mass is 16.6. The Morgan fingerprint density at radius 3 is 3.05 bits per heavy atom. The van der Waals surface area contributed by atoms with Crippen molar-refractivity contribution >= 4 is 17.8 Å². The van der Waals surface area contributed by atoms with Gasteiger partial charge in [-0.05, 0) is 30.3 Å². The zero-order valence-electron chi connectivity index (χ0n) is 11.1. The van der Waals surface area contributed by atoms with Crippen LogP contribution >= 0.6 is 0 Å². The molecule has 2 aromatic rings. The summed E-state index contributed by atoms with van der Waals surface area (Å²) < 4.78 is 5.24. The maximum absolute atomic E-state index is 11.8. The normalized spacial score (nSPS) is 17.5. The molecular weight excluding hydrogens is 270 g/mol. The lowest BCUT2D eigenvalue weighted by molar-refractivity contribution is -0.115. The van der Waals surface area contributed by atoms with Crippen LogP contribution in [-0.4, -0.2) is 16.7 Å². The first kappa shape index (κ1) is 13.1. The summed E-state index contributed by atoms with van der Waals surface area (Å²) >= 11 is 0. The number of aromatic nitrogens is 1. The molecule has 1 aliphatic heterocycles. The van der Waals surface area contributed by atoms with Crippen molar-refractivity contribution in [1.82, 2.24) is 10.3 Å². The van der Waals surface area contributed by atoms with Gasteiger partial charge in [-0.15, -0.1) is 0 Å². The van der Waals surface area contributed by atoms with E-state index >= 15 is 0 Å². The predicted octanol–water partition coefficient (Wildman–Crippen LogP) is 2.28. The van der Waals surface area contributed by atoms with E-state index in [0.29, 0.717) is 23.7 Å². The molecule has 0 bridgehead atoms. The summed E-state index contributed by atoms with van der Waals surface area (Å²) in [5.74, 6) is 0.891. The Morgan fingerprint density at radius 1 is 1.33 bits per heavy atom. The Labute approximate surface area is 121 Å². The van der Waals surface area contributed by atoms with Crippen LogP contribution in [0.25, 0.3) is 6.08 Å². The fourth-order valence-corrected chi connectivity index (χ4v) is 1.90. The lowest BCUT2D eigenvalue weighted by Gasteiger charge is -2.03. The Morgan fingerprint density at radius 2 is 2.29 bits per heavy atom. The van der Waals surface area contributed by atoms with Crippen molar-refractivity contribution in [3.8, 4) is 0 Å². The minimum Gasteiger partial charge on any atom is -0.465 e. The quantitative estimate of drug-likeness (QED) is 0.877. The van der Waals surface area contributed by atoms with Crippen molar-refractivity contribution in [3.63, 3.8) is 0 Å². The SMILES string of the molecule is O=C(/C=C/c1ccccn1)NC1=NOC(c2ccco2)C1. The molecule has 1 N–H and O–H groups in total. The average molecular weight is 283 g/mol. The fourth-order valence-electron chi connectivity index (χ4n) is 1.90. The molecule has 1 atom stereocenters. The number of nitrogens with zero attached hydrogens (tertiary/aromatic N) is 2. The Hall–Kier alpha value is -2.89. The number of hydrogen-bond acceptors (Lipinski definition) is 5. The standard InChI is InChI=1S/C15H13N3O3/c19-15(7-6-11-4-1-2-8-16-11)17-14-10-13(21-18-14)12-5-3-9-20-12/h1-9,13H,10H2,(H,17,18,19)/b7-6+. The number of hydrogen-bond donors (Lipinski definition) is 1. The second-order valence-electron chi connectivity index (χ2n) is 4.43. The minimum atomic E-state index is -0.282. The molecule has 1 aliphatic rings. The molecule has 3 rings (SSSR count). The van der Waals surface area contributed by atoms with Crippen LogP contribution in [0.1, 0.15) is 24.0 Å². The van der Waals surface area contributed by atoms with Crippen LogP contribution in [-0.2, 0) is 9.63 Å². The molecular formula is C15H13N3O3. The van der Waals surface area contributed by atoms with E-state index < -0.39 is 0 Å². The third kappa shape index (κ3) is 3.36. The van der Waals surface area contributed by atoms with Crippen molar-refractivity contribution in [2.45, 2.75) is 12.5 Å². The second-order valence-corrected chi connectivity index (χ2v) is 4.43. The Bertz CT molecular complexity index is 663. The largest absolute Gasteiger partial charge is 0.465 e. The molecule has 0 saturated heterocycles. The lowest BCUT2D eigenvalue weighted by atomic mass is 10.2. The predicted molar refractivity (Wildman–Crippen MR) is 76.0 cm³/mol. The van der Waals surface area contributed by atoms with E-state index in [1.807, 2.05) is 24.3 Å². The van der Waals surface area contributed by atoms with Gasteiger partial charge in [0.1, 0.15) is 5.76 Å². The van der Waals surface area contributed by atoms with Gasteiger partial charge in [-0.3, -0.25) is 9.78 Å². The van der Waals surface area contributed by atoms with Gasteiger partial charge < -0.3 is 14.6 Å². The molecule has 3 heterocycles. The van der Waals surface area contributed by atoms with E-state index in [1.165, 1.54) is 6.08 Å². The molecule has 106 valence electrons. The van der Waals surface area contributed by atoms with Gasteiger partial charge in [0.15, 0.2) is 11.9 Å². The van der Waals surface area contributed by atoms with Crippen molar-refractivity contribution in [2.75, 3.05) is 0 Å². The number of furan rings is 1. The van der Waals surface area contributed by atoms with Crippen molar-refractivity contribution in [2.24, 2.45) is 5.16 Å². The van der Waals surface area contributed by atoms with E-state index in [1.54, 1.807) is 24.6 Å². The summed E-state index contributed by atoms with van der Waals surface area (Å²) in [6, 6.07) is 9.08. The number of amides is 1. The molecule has 1 unspecified atom stereocenters. The summed E-state index contributed by atoms with van der Waals surface area (Å²) in [4.78, 5) is 21.1.